The fraction of sp³-hybridized carbons (Fsp3) is 0.409. The molecule has 0 aliphatic carbocycles. The van der Waals surface area contributed by atoms with Gasteiger partial charge in [-0.1, -0.05) is 23.7 Å². The number of ether oxygens (including phenoxy) is 2. The monoisotopic (exact) mass is 402 g/mol. The molecule has 6 heteroatoms. The number of benzene rings is 2. The Balaban J connectivity index is 1.48. The smallest absolute Gasteiger partial charge is 0.224 e. The molecule has 0 bridgehead atoms. The van der Waals surface area contributed by atoms with Crippen molar-refractivity contribution in [3.63, 3.8) is 0 Å². The first-order valence-electron chi connectivity index (χ1n) is 9.54. The lowest BCUT2D eigenvalue weighted by Gasteiger charge is -2.32. The van der Waals surface area contributed by atoms with Gasteiger partial charge in [0, 0.05) is 36.3 Å². The van der Waals surface area contributed by atoms with Crippen molar-refractivity contribution < 1.29 is 14.3 Å². The van der Waals surface area contributed by atoms with E-state index in [0.717, 1.165) is 48.8 Å². The third-order valence-electron chi connectivity index (χ3n) is 5.11. The molecule has 1 saturated heterocycles. The van der Waals surface area contributed by atoms with Gasteiger partial charge in [0.15, 0.2) is 0 Å². The van der Waals surface area contributed by atoms with Crippen LogP contribution in [0.3, 0.4) is 0 Å². The van der Waals surface area contributed by atoms with E-state index in [9.17, 15) is 4.79 Å². The van der Waals surface area contributed by atoms with E-state index in [4.69, 9.17) is 21.1 Å². The van der Waals surface area contributed by atoms with Crippen molar-refractivity contribution >= 4 is 17.5 Å². The molecule has 0 atom stereocenters. The van der Waals surface area contributed by atoms with E-state index in [1.807, 2.05) is 30.3 Å². The van der Waals surface area contributed by atoms with Crippen molar-refractivity contribution in [1.82, 2.24) is 10.2 Å². The molecule has 28 heavy (non-hydrogen) atoms. The number of amides is 1. The number of hydrogen-bond acceptors (Lipinski definition) is 4. The number of nitrogens with one attached hydrogen (secondary N) is 1. The highest BCUT2D eigenvalue weighted by molar-refractivity contribution is 6.30. The maximum atomic E-state index is 12.5. The predicted octanol–water partition coefficient (Wildman–Crippen LogP) is 3.68. The van der Waals surface area contributed by atoms with Gasteiger partial charge >= 0.3 is 0 Å². The summed E-state index contributed by atoms with van der Waals surface area (Å²) >= 11 is 5.95. The Morgan fingerprint density at radius 2 is 1.82 bits per heavy atom. The highest BCUT2D eigenvalue weighted by Gasteiger charge is 2.21. The fourth-order valence-corrected chi connectivity index (χ4v) is 3.68. The van der Waals surface area contributed by atoms with Gasteiger partial charge in [-0.3, -0.25) is 9.69 Å². The van der Waals surface area contributed by atoms with Crippen molar-refractivity contribution in [2.45, 2.75) is 31.8 Å². The van der Waals surface area contributed by atoms with Crippen LogP contribution < -0.4 is 14.8 Å². The summed E-state index contributed by atoms with van der Waals surface area (Å²) in [6, 6.07) is 13.7. The molecule has 1 amide bonds. The molecule has 0 unspecified atom stereocenters. The molecule has 5 nitrogen and oxygen atoms in total. The Morgan fingerprint density at radius 1 is 1.11 bits per heavy atom. The Kier molecular flexibility index (Phi) is 7.18. The van der Waals surface area contributed by atoms with Crippen molar-refractivity contribution in [3.8, 4) is 11.5 Å². The number of rotatable bonds is 7. The van der Waals surface area contributed by atoms with E-state index in [-0.39, 0.29) is 18.4 Å². The zero-order valence-corrected chi connectivity index (χ0v) is 17.2. The largest absolute Gasteiger partial charge is 0.497 e. The minimum absolute atomic E-state index is 0.0164. The zero-order valence-electron chi connectivity index (χ0n) is 16.4. The summed E-state index contributed by atoms with van der Waals surface area (Å²) in [5.74, 6) is 1.44. The van der Waals surface area contributed by atoms with Gasteiger partial charge in [-0.25, -0.2) is 0 Å². The first-order chi connectivity index (χ1) is 13.6. The molecule has 0 radical (unpaired) electrons. The molecule has 1 fully saturated rings. The number of piperidine rings is 1. The molecule has 1 aliphatic heterocycles. The normalized spacial score (nSPS) is 15.2. The first-order valence-corrected chi connectivity index (χ1v) is 9.92. The van der Waals surface area contributed by atoms with Gasteiger partial charge in [0.1, 0.15) is 11.5 Å². The van der Waals surface area contributed by atoms with Gasteiger partial charge in [-0.15, -0.1) is 0 Å². The van der Waals surface area contributed by atoms with Crippen LogP contribution >= 0.6 is 11.6 Å². The van der Waals surface area contributed by atoms with Crippen LogP contribution in [0.1, 0.15) is 24.0 Å². The highest BCUT2D eigenvalue weighted by atomic mass is 35.5. The number of halogens is 1. The van der Waals surface area contributed by atoms with Crippen LogP contribution in [0.4, 0.5) is 0 Å². The standard InChI is InChI=1S/C22H27ClN2O3/c1-27-20-7-8-21(28-2)17(13-20)14-22(26)24-19-9-11-25(12-10-19)15-16-3-5-18(23)6-4-16/h3-8,13,19H,9-12,14-15H2,1-2H3,(H,24,26). The molecule has 150 valence electrons. The number of nitrogens with zero attached hydrogens (tertiary/aromatic N) is 1. The summed E-state index contributed by atoms with van der Waals surface area (Å²) in [6.07, 6.45) is 2.19. The van der Waals surface area contributed by atoms with E-state index in [2.05, 4.69) is 22.3 Å². The molecule has 3 rings (SSSR count). The molecule has 0 aromatic heterocycles. The molecule has 1 N–H and O–H groups in total. The molecule has 1 heterocycles. The third kappa shape index (κ3) is 5.63. The van der Waals surface area contributed by atoms with Crippen molar-refractivity contribution in [3.05, 3.63) is 58.6 Å². The Hall–Kier alpha value is -2.24. The Labute approximate surface area is 171 Å². The Morgan fingerprint density at radius 3 is 2.46 bits per heavy atom. The van der Waals surface area contributed by atoms with Crippen molar-refractivity contribution in [2.75, 3.05) is 27.3 Å². The number of methoxy groups -OCH3 is 2. The van der Waals surface area contributed by atoms with E-state index in [1.54, 1.807) is 14.2 Å². The summed E-state index contributed by atoms with van der Waals surface area (Å²) in [6.45, 7) is 2.85. The van der Waals surface area contributed by atoms with Crippen LogP contribution in [0.5, 0.6) is 11.5 Å². The summed E-state index contributed by atoms with van der Waals surface area (Å²) in [4.78, 5) is 14.9. The fourth-order valence-electron chi connectivity index (χ4n) is 3.56. The molecule has 2 aromatic rings. The molecule has 2 aromatic carbocycles. The molecule has 0 spiro atoms. The highest BCUT2D eigenvalue weighted by Crippen LogP contribution is 2.24. The van der Waals surface area contributed by atoms with Crippen LogP contribution in [-0.2, 0) is 17.8 Å². The van der Waals surface area contributed by atoms with Crippen molar-refractivity contribution in [2.24, 2.45) is 0 Å². The first kappa shape index (κ1) is 20.5. The number of carbonyl (C=O) groups is 1. The average Bonchev–Trinajstić information content (AvgIpc) is 2.71. The van der Waals surface area contributed by atoms with E-state index in [0.29, 0.717) is 5.75 Å². The van der Waals surface area contributed by atoms with Crippen molar-refractivity contribution in [1.29, 1.82) is 0 Å². The minimum Gasteiger partial charge on any atom is -0.497 e. The third-order valence-corrected chi connectivity index (χ3v) is 5.36. The van der Waals surface area contributed by atoms with Gasteiger partial charge in [0.05, 0.1) is 20.6 Å². The second-order valence-corrected chi connectivity index (χ2v) is 7.54. The lowest BCUT2D eigenvalue weighted by Crippen LogP contribution is -2.44. The van der Waals surface area contributed by atoms with E-state index in [1.165, 1.54) is 5.56 Å². The lowest BCUT2D eigenvalue weighted by molar-refractivity contribution is -0.121. The summed E-state index contributed by atoms with van der Waals surface area (Å²) < 4.78 is 10.6. The van der Waals surface area contributed by atoms with Crippen LogP contribution in [0, 0.1) is 0 Å². The van der Waals surface area contributed by atoms with Gasteiger partial charge in [0.2, 0.25) is 5.91 Å². The van der Waals surface area contributed by atoms with Crippen LogP contribution in [0.15, 0.2) is 42.5 Å². The van der Waals surface area contributed by atoms with Gasteiger partial charge in [-0.05, 0) is 48.7 Å². The number of hydrogen-bond donors (Lipinski definition) is 1. The van der Waals surface area contributed by atoms with Gasteiger partial charge in [-0.2, -0.15) is 0 Å². The Bertz CT molecular complexity index is 787. The molecule has 1 aliphatic rings. The average molecular weight is 403 g/mol. The maximum absolute atomic E-state index is 12.5. The van der Waals surface area contributed by atoms with Gasteiger partial charge in [0.25, 0.3) is 0 Å². The second-order valence-electron chi connectivity index (χ2n) is 7.10. The second kappa shape index (κ2) is 9.80. The molecular weight excluding hydrogens is 376 g/mol. The quantitative estimate of drug-likeness (QED) is 0.767. The summed E-state index contributed by atoms with van der Waals surface area (Å²) in [7, 11) is 3.23. The zero-order chi connectivity index (χ0) is 19.9. The van der Waals surface area contributed by atoms with Gasteiger partial charge < -0.3 is 14.8 Å². The summed E-state index contributed by atoms with van der Waals surface area (Å²) in [5.41, 5.74) is 2.09. The lowest BCUT2D eigenvalue weighted by atomic mass is 10.0. The maximum Gasteiger partial charge on any atom is 0.224 e. The van der Waals surface area contributed by atoms with Crippen LogP contribution in [0.25, 0.3) is 0 Å². The number of likely N-dealkylation sites (tertiary alicyclic amines) is 1. The van der Waals surface area contributed by atoms with Crippen LogP contribution in [0.2, 0.25) is 5.02 Å². The SMILES string of the molecule is COc1ccc(OC)c(CC(=O)NC2CCN(Cc3ccc(Cl)cc3)CC2)c1. The number of carbonyl (C=O) groups excluding carboxylic acids is 1. The van der Waals surface area contributed by atoms with E-state index >= 15 is 0 Å². The van der Waals surface area contributed by atoms with E-state index < -0.39 is 0 Å². The summed E-state index contributed by atoms with van der Waals surface area (Å²) in [5, 5.41) is 3.93. The van der Waals surface area contributed by atoms with Crippen LogP contribution in [-0.4, -0.2) is 44.2 Å². The minimum atomic E-state index is 0.0164. The molecule has 0 saturated carbocycles. The molecular formula is C22H27ClN2O3. The predicted molar refractivity (Wildman–Crippen MR) is 111 cm³/mol. The topological polar surface area (TPSA) is 50.8 Å².